The maximum Gasteiger partial charge on any atom is 0.238 e. The van der Waals surface area contributed by atoms with Crippen LogP contribution in [-0.4, -0.2) is 44.1 Å². The molecule has 3 N–H and O–H groups in total. The minimum absolute atomic E-state index is 0.0357. The number of anilines is 1. The van der Waals surface area contributed by atoms with Gasteiger partial charge < -0.3 is 15.8 Å². The molecule has 1 aromatic rings. The molecule has 1 aromatic carbocycles. The molecule has 0 aromatic heterocycles. The fraction of sp³-hybridized carbons (Fsp3) is 0.562. The number of amides is 1. The van der Waals surface area contributed by atoms with Gasteiger partial charge in [0.2, 0.25) is 5.91 Å². The number of carbonyl (C=O) groups is 1. The van der Waals surface area contributed by atoms with Gasteiger partial charge in [0.25, 0.3) is 0 Å². The van der Waals surface area contributed by atoms with Crippen LogP contribution in [0, 0.1) is 5.92 Å². The Morgan fingerprint density at radius 2 is 2.19 bits per heavy atom. The van der Waals surface area contributed by atoms with Crippen LogP contribution in [0.5, 0.6) is 5.75 Å². The molecule has 1 unspecified atom stereocenters. The van der Waals surface area contributed by atoms with E-state index in [0.717, 1.165) is 43.9 Å². The van der Waals surface area contributed by atoms with Crippen LogP contribution in [-0.2, 0) is 4.79 Å². The molecule has 0 bridgehead atoms. The van der Waals surface area contributed by atoms with Crippen molar-refractivity contribution in [2.24, 2.45) is 11.7 Å². The number of hydrogen-bond acceptors (Lipinski definition) is 4. The molecule has 1 aliphatic heterocycles. The van der Waals surface area contributed by atoms with Crippen LogP contribution in [0.4, 0.5) is 5.69 Å². The maximum absolute atomic E-state index is 12.1. The van der Waals surface area contributed by atoms with Crippen molar-refractivity contribution in [3.63, 3.8) is 0 Å². The standard InChI is InChI=1S/C16H25N3O2/c1-21-15-6-4-14(5-7-15)18-16(20)12-19-10-2-3-13(11-19)8-9-17/h4-7,13H,2-3,8-12,17H2,1H3,(H,18,20). The molecule has 5 heteroatoms. The summed E-state index contributed by atoms with van der Waals surface area (Å²) in [7, 11) is 1.63. The number of nitrogens with two attached hydrogens (primary N) is 1. The molecule has 0 radical (unpaired) electrons. The van der Waals surface area contributed by atoms with Crippen molar-refractivity contribution < 1.29 is 9.53 Å². The number of ether oxygens (including phenoxy) is 1. The van der Waals surface area contributed by atoms with Crippen molar-refractivity contribution in [3.8, 4) is 5.75 Å². The van der Waals surface area contributed by atoms with Gasteiger partial charge in [-0.1, -0.05) is 0 Å². The van der Waals surface area contributed by atoms with Gasteiger partial charge in [-0.25, -0.2) is 0 Å². The van der Waals surface area contributed by atoms with Crippen molar-refractivity contribution >= 4 is 11.6 Å². The molecular formula is C16H25N3O2. The van der Waals surface area contributed by atoms with Gasteiger partial charge in [-0.05, 0) is 62.5 Å². The van der Waals surface area contributed by atoms with E-state index in [1.165, 1.54) is 6.42 Å². The highest BCUT2D eigenvalue weighted by atomic mass is 16.5. The Bertz CT molecular complexity index is 445. The third kappa shape index (κ3) is 5.02. The monoisotopic (exact) mass is 291 g/mol. The van der Waals surface area contributed by atoms with Gasteiger partial charge in [-0.3, -0.25) is 9.69 Å². The van der Waals surface area contributed by atoms with Crippen LogP contribution in [0.25, 0.3) is 0 Å². The van der Waals surface area contributed by atoms with Crippen LogP contribution >= 0.6 is 0 Å². The van der Waals surface area contributed by atoms with Crippen molar-refractivity contribution in [1.29, 1.82) is 0 Å². The molecule has 1 heterocycles. The lowest BCUT2D eigenvalue weighted by atomic mass is 9.95. The Kier molecular flexibility index (Phi) is 6.02. The predicted octanol–water partition coefficient (Wildman–Crippen LogP) is 1.69. The van der Waals surface area contributed by atoms with E-state index in [0.29, 0.717) is 12.5 Å². The van der Waals surface area contributed by atoms with Crippen LogP contribution in [0.2, 0.25) is 0 Å². The SMILES string of the molecule is COc1ccc(NC(=O)CN2CCCC(CCN)C2)cc1. The number of hydrogen-bond donors (Lipinski definition) is 2. The van der Waals surface area contributed by atoms with Gasteiger partial charge in [0.1, 0.15) is 5.75 Å². The van der Waals surface area contributed by atoms with Crippen molar-refractivity contribution in [2.75, 3.05) is 38.6 Å². The topological polar surface area (TPSA) is 67.6 Å². The summed E-state index contributed by atoms with van der Waals surface area (Å²) >= 11 is 0. The molecular weight excluding hydrogens is 266 g/mol. The largest absolute Gasteiger partial charge is 0.497 e. The third-order valence-corrected chi connectivity index (χ3v) is 3.92. The number of methoxy groups -OCH3 is 1. The van der Waals surface area contributed by atoms with E-state index in [2.05, 4.69) is 10.2 Å². The van der Waals surface area contributed by atoms with E-state index in [-0.39, 0.29) is 5.91 Å². The quantitative estimate of drug-likeness (QED) is 0.837. The Hall–Kier alpha value is -1.59. The lowest BCUT2D eigenvalue weighted by Gasteiger charge is -2.32. The molecule has 1 aliphatic rings. The molecule has 1 saturated heterocycles. The number of rotatable bonds is 6. The first-order chi connectivity index (χ1) is 10.2. The van der Waals surface area contributed by atoms with E-state index in [1.807, 2.05) is 24.3 Å². The summed E-state index contributed by atoms with van der Waals surface area (Å²) in [5.41, 5.74) is 6.43. The molecule has 1 amide bonds. The summed E-state index contributed by atoms with van der Waals surface area (Å²) in [6, 6.07) is 7.38. The highest BCUT2D eigenvalue weighted by Gasteiger charge is 2.20. The van der Waals surface area contributed by atoms with E-state index in [1.54, 1.807) is 7.11 Å². The molecule has 2 rings (SSSR count). The van der Waals surface area contributed by atoms with Gasteiger partial charge in [-0.15, -0.1) is 0 Å². The zero-order chi connectivity index (χ0) is 15.1. The first kappa shape index (κ1) is 15.8. The number of nitrogens with one attached hydrogen (secondary N) is 1. The first-order valence-electron chi connectivity index (χ1n) is 7.57. The molecule has 1 fully saturated rings. The van der Waals surface area contributed by atoms with E-state index >= 15 is 0 Å². The second-order valence-corrected chi connectivity index (χ2v) is 5.60. The Morgan fingerprint density at radius 3 is 2.86 bits per heavy atom. The molecule has 1 atom stereocenters. The molecule has 0 saturated carbocycles. The number of likely N-dealkylation sites (tertiary alicyclic amines) is 1. The average molecular weight is 291 g/mol. The minimum atomic E-state index is 0.0357. The number of nitrogens with zero attached hydrogens (tertiary/aromatic N) is 1. The highest BCUT2D eigenvalue weighted by molar-refractivity contribution is 5.92. The zero-order valence-electron chi connectivity index (χ0n) is 12.7. The second kappa shape index (κ2) is 8.00. The summed E-state index contributed by atoms with van der Waals surface area (Å²) in [6.45, 7) is 3.16. The molecule has 0 spiro atoms. The summed E-state index contributed by atoms with van der Waals surface area (Å²) in [5.74, 6) is 1.46. The number of piperidine rings is 1. The summed E-state index contributed by atoms with van der Waals surface area (Å²) in [4.78, 5) is 14.3. The van der Waals surface area contributed by atoms with Crippen molar-refractivity contribution in [1.82, 2.24) is 4.90 Å². The van der Waals surface area contributed by atoms with Crippen molar-refractivity contribution in [2.45, 2.75) is 19.3 Å². The summed E-state index contributed by atoms with van der Waals surface area (Å²) < 4.78 is 5.10. The lowest BCUT2D eigenvalue weighted by Crippen LogP contribution is -2.40. The number of carbonyl (C=O) groups excluding carboxylic acids is 1. The molecule has 5 nitrogen and oxygen atoms in total. The molecule has 116 valence electrons. The number of benzene rings is 1. The first-order valence-corrected chi connectivity index (χ1v) is 7.57. The van der Waals surface area contributed by atoms with Crippen LogP contribution in [0.15, 0.2) is 24.3 Å². The Balaban J connectivity index is 1.80. The van der Waals surface area contributed by atoms with Crippen LogP contribution in [0.3, 0.4) is 0 Å². The smallest absolute Gasteiger partial charge is 0.238 e. The summed E-state index contributed by atoms with van der Waals surface area (Å²) in [5, 5.41) is 2.93. The lowest BCUT2D eigenvalue weighted by molar-refractivity contribution is -0.117. The fourth-order valence-corrected chi connectivity index (χ4v) is 2.84. The van der Waals surface area contributed by atoms with E-state index in [9.17, 15) is 4.79 Å². The Labute approximate surface area is 126 Å². The minimum Gasteiger partial charge on any atom is -0.497 e. The van der Waals surface area contributed by atoms with Gasteiger partial charge in [0.15, 0.2) is 0 Å². The van der Waals surface area contributed by atoms with Gasteiger partial charge >= 0.3 is 0 Å². The fourth-order valence-electron chi connectivity index (χ4n) is 2.84. The molecule has 0 aliphatic carbocycles. The third-order valence-electron chi connectivity index (χ3n) is 3.92. The zero-order valence-corrected chi connectivity index (χ0v) is 12.7. The predicted molar refractivity (Wildman–Crippen MR) is 84.5 cm³/mol. The van der Waals surface area contributed by atoms with Crippen LogP contribution < -0.4 is 15.8 Å². The van der Waals surface area contributed by atoms with E-state index in [4.69, 9.17) is 10.5 Å². The van der Waals surface area contributed by atoms with Crippen molar-refractivity contribution in [3.05, 3.63) is 24.3 Å². The average Bonchev–Trinajstić information content (AvgIpc) is 2.48. The normalized spacial score (nSPS) is 19.2. The summed E-state index contributed by atoms with van der Waals surface area (Å²) in [6.07, 6.45) is 3.44. The van der Waals surface area contributed by atoms with Gasteiger partial charge in [0.05, 0.1) is 13.7 Å². The van der Waals surface area contributed by atoms with E-state index < -0.39 is 0 Å². The maximum atomic E-state index is 12.1. The highest BCUT2D eigenvalue weighted by Crippen LogP contribution is 2.19. The Morgan fingerprint density at radius 1 is 1.43 bits per heavy atom. The molecule has 21 heavy (non-hydrogen) atoms. The second-order valence-electron chi connectivity index (χ2n) is 5.60. The van der Waals surface area contributed by atoms with Gasteiger partial charge in [0, 0.05) is 12.2 Å². The van der Waals surface area contributed by atoms with Gasteiger partial charge in [-0.2, -0.15) is 0 Å². The van der Waals surface area contributed by atoms with Crippen LogP contribution in [0.1, 0.15) is 19.3 Å².